The van der Waals surface area contributed by atoms with E-state index in [0.29, 0.717) is 30.5 Å². The van der Waals surface area contributed by atoms with Gasteiger partial charge < -0.3 is 30.5 Å². The molecule has 8 heteroatoms. The minimum atomic E-state index is -0.803. The third-order valence-electron chi connectivity index (χ3n) is 5.05. The summed E-state index contributed by atoms with van der Waals surface area (Å²) in [5, 5.41) is 25.0. The predicted molar refractivity (Wildman–Crippen MR) is 92.6 cm³/mol. The highest BCUT2D eigenvalue weighted by atomic mass is 16.6. The van der Waals surface area contributed by atoms with Gasteiger partial charge in [-0.2, -0.15) is 0 Å². The predicted octanol–water partition coefficient (Wildman–Crippen LogP) is 0.835. The van der Waals surface area contributed by atoms with Gasteiger partial charge in [0, 0.05) is 17.7 Å². The molecule has 26 heavy (non-hydrogen) atoms. The van der Waals surface area contributed by atoms with Crippen molar-refractivity contribution >= 4 is 11.9 Å². The first kappa shape index (κ1) is 20.6. The number of carboxylic acids is 2. The van der Waals surface area contributed by atoms with E-state index in [4.69, 9.17) is 30.5 Å². The van der Waals surface area contributed by atoms with Crippen LogP contribution in [0.1, 0.15) is 39.5 Å². The molecule has 0 bridgehead atoms. The molecular weight excluding hydrogens is 342 g/mol. The first-order valence-corrected chi connectivity index (χ1v) is 8.70. The molecule has 4 aliphatic rings. The topological polar surface area (TPSA) is 146 Å². The molecule has 0 aromatic heterocycles. The van der Waals surface area contributed by atoms with Crippen LogP contribution in [0.5, 0.6) is 0 Å². The molecule has 4 unspecified atom stereocenters. The van der Waals surface area contributed by atoms with E-state index < -0.39 is 11.9 Å². The van der Waals surface area contributed by atoms with Gasteiger partial charge in [-0.15, -0.1) is 0 Å². The molecule has 4 rings (SSSR count). The Morgan fingerprint density at radius 2 is 1.38 bits per heavy atom. The van der Waals surface area contributed by atoms with Crippen LogP contribution < -0.4 is 5.73 Å². The van der Waals surface area contributed by atoms with Gasteiger partial charge in [-0.3, -0.25) is 0 Å². The van der Waals surface area contributed by atoms with Gasteiger partial charge >= 0.3 is 11.9 Å². The Morgan fingerprint density at radius 1 is 1.04 bits per heavy atom. The average Bonchev–Trinajstić information content (AvgIpc) is 3.46. The maximum absolute atomic E-state index is 10.5. The van der Waals surface area contributed by atoms with E-state index in [0.717, 1.165) is 12.8 Å². The standard InChI is InChI=1S/2C8H10O3.C2H7NO/c2*1-8-3-2-5(7(9)10)4-6(8)11-8;3-1-2-4/h2*4,6H,2-3H2,1H3,(H,9,10);4H,1-3H2. The second kappa shape index (κ2) is 7.87. The number of aliphatic carboxylic acids is 2. The Morgan fingerprint density at radius 3 is 1.62 bits per heavy atom. The van der Waals surface area contributed by atoms with E-state index in [1.165, 1.54) is 0 Å². The summed E-state index contributed by atoms with van der Waals surface area (Å²) in [6.45, 7) is 4.51. The number of ether oxygens (including phenoxy) is 2. The lowest BCUT2D eigenvalue weighted by atomic mass is 9.91. The number of epoxide rings is 2. The first-order valence-electron chi connectivity index (χ1n) is 8.70. The molecule has 2 fully saturated rings. The van der Waals surface area contributed by atoms with E-state index in [1.54, 1.807) is 12.2 Å². The van der Waals surface area contributed by atoms with Crippen molar-refractivity contribution < 1.29 is 34.4 Å². The summed E-state index contributed by atoms with van der Waals surface area (Å²) in [5.74, 6) is -1.61. The van der Waals surface area contributed by atoms with E-state index >= 15 is 0 Å². The number of fused-ring (bicyclic) bond motifs is 2. The third kappa shape index (κ3) is 4.91. The molecule has 2 aliphatic heterocycles. The molecule has 2 aliphatic carbocycles. The molecule has 2 saturated heterocycles. The molecule has 8 nitrogen and oxygen atoms in total. The maximum Gasteiger partial charge on any atom is 0.331 e. The molecule has 0 aromatic rings. The lowest BCUT2D eigenvalue weighted by Crippen LogP contribution is -2.16. The smallest absolute Gasteiger partial charge is 0.331 e. The summed E-state index contributed by atoms with van der Waals surface area (Å²) >= 11 is 0. The van der Waals surface area contributed by atoms with Gasteiger partial charge in [-0.05, 0) is 51.7 Å². The number of aliphatic hydroxyl groups is 1. The van der Waals surface area contributed by atoms with Gasteiger partial charge in [0.2, 0.25) is 0 Å². The number of aliphatic hydroxyl groups excluding tert-OH is 1. The lowest BCUT2D eigenvalue weighted by Gasteiger charge is -2.10. The number of rotatable bonds is 3. The van der Waals surface area contributed by atoms with Gasteiger partial charge in [0.05, 0.1) is 17.8 Å². The number of hydrogen-bond acceptors (Lipinski definition) is 6. The average molecular weight is 369 g/mol. The third-order valence-corrected chi connectivity index (χ3v) is 5.05. The zero-order valence-corrected chi connectivity index (χ0v) is 15.1. The zero-order valence-electron chi connectivity index (χ0n) is 15.1. The van der Waals surface area contributed by atoms with Crippen molar-refractivity contribution in [3.05, 3.63) is 23.3 Å². The summed E-state index contributed by atoms with van der Waals surface area (Å²) in [6.07, 6.45) is 6.57. The fraction of sp³-hybridized carbons (Fsp3) is 0.667. The number of carbonyl (C=O) groups is 2. The first-order chi connectivity index (χ1) is 12.1. The minimum Gasteiger partial charge on any atom is -0.478 e. The van der Waals surface area contributed by atoms with Crippen LogP contribution in [0, 0.1) is 0 Å². The lowest BCUT2D eigenvalue weighted by molar-refractivity contribution is -0.133. The largest absolute Gasteiger partial charge is 0.478 e. The summed E-state index contributed by atoms with van der Waals surface area (Å²) in [5.41, 5.74) is 5.73. The fourth-order valence-electron chi connectivity index (χ4n) is 2.99. The molecule has 0 saturated carbocycles. The van der Waals surface area contributed by atoms with E-state index in [-0.39, 0.29) is 30.0 Å². The van der Waals surface area contributed by atoms with Crippen molar-refractivity contribution in [2.45, 2.75) is 62.9 Å². The highest BCUT2D eigenvalue weighted by molar-refractivity contribution is 5.87. The van der Waals surface area contributed by atoms with Crippen molar-refractivity contribution in [2.75, 3.05) is 13.2 Å². The Labute approximate surface area is 152 Å². The maximum atomic E-state index is 10.5. The van der Waals surface area contributed by atoms with Gasteiger partial charge in [-0.25, -0.2) is 9.59 Å². The molecular formula is C18H27NO7. The van der Waals surface area contributed by atoms with Crippen LogP contribution in [-0.4, -0.2) is 63.8 Å². The Balaban J connectivity index is 0.000000156. The molecule has 0 spiro atoms. The van der Waals surface area contributed by atoms with Gasteiger partial charge in [-0.1, -0.05) is 0 Å². The van der Waals surface area contributed by atoms with Crippen LogP contribution in [-0.2, 0) is 19.1 Å². The van der Waals surface area contributed by atoms with E-state index in [2.05, 4.69) is 0 Å². The Kier molecular flexibility index (Phi) is 6.23. The second-order valence-corrected chi connectivity index (χ2v) is 7.21. The summed E-state index contributed by atoms with van der Waals surface area (Å²) in [6, 6.07) is 0. The molecule has 0 amide bonds. The summed E-state index contributed by atoms with van der Waals surface area (Å²) in [7, 11) is 0. The van der Waals surface area contributed by atoms with Crippen molar-refractivity contribution in [1.29, 1.82) is 0 Å². The van der Waals surface area contributed by atoms with Crippen molar-refractivity contribution in [3.63, 3.8) is 0 Å². The highest BCUT2D eigenvalue weighted by Crippen LogP contribution is 2.46. The van der Waals surface area contributed by atoms with Crippen molar-refractivity contribution in [2.24, 2.45) is 5.73 Å². The van der Waals surface area contributed by atoms with Crippen molar-refractivity contribution in [3.8, 4) is 0 Å². The zero-order chi connectivity index (χ0) is 19.5. The van der Waals surface area contributed by atoms with Gasteiger partial charge in [0.15, 0.2) is 0 Å². The normalized spacial score (nSPS) is 35.7. The van der Waals surface area contributed by atoms with Crippen LogP contribution >= 0.6 is 0 Å². The van der Waals surface area contributed by atoms with Crippen LogP contribution in [0.3, 0.4) is 0 Å². The Bertz CT molecular complexity index is 575. The molecule has 146 valence electrons. The van der Waals surface area contributed by atoms with E-state index in [9.17, 15) is 9.59 Å². The fourth-order valence-corrected chi connectivity index (χ4v) is 2.99. The van der Waals surface area contributed by atoms with Crippen LogP contribution in [0.4, 0.5) is 0 Å². The number of nitrogens with two attached hydrogens (primary N) is 1. The van der Waals surface area contributed by atoms with Crippen LogP contribution in [0.15, 0.2) is 23.3 Å². The van der Waals surface area contributed by atoms with Gasteiger partial charge in [0.1, 0.15) is 12.2 Å². The van der Waals surface area contributed by atoms with Crippen LogP contribution in [0.25, 0.3) is 0 Å². The second-order valence-electron chi connectivity index (χ2n) is 7.21. The summed E-state index contributed by atoms with van der Waals surface area (Å²) < 4.78 is 10.6. The van der Waals surface area contributed by atoms with Crippen LogP contribution in [0.2, 0.25) is 0 Å². The molecule has 4 atom stereocenters. The Hall–Kier alpha value is -1.74. The molecule has 0 aromatic carbocycles. The number of carboxylic acid groups (broad SMARTS) is 2. The monoisotopic (exact) mass is 369 g/mol. The van der Waals surface area contributed by atoms with Crippen molar-refractivity contribution in [1.82, 2.24) is 0 Å². The van der Waals surface area contributed by atoms with E-state index in [1.807, 2.05) is 13.8 Å². The molecule has 0 radical (unpaired) electrons. The van der Waals surface area contributed by atoms with Gasteiger partial charge in [0.25, 0.3) is 0 Å². The minimum absolute atomic E-state index is 0.0288. The molecule has 2 heterocycles. The molecule has 5 N–H and O–H groups in total. The SMILES string of the molecule is CC12CCC(C(=O)O)=CC1O2.CC12CCC(C(=O)O)=CC1O2.NCCO. The highest BCUT2D eigenvalue weighted by Gasteiger charge is 2.53. The summed E-state index contributed by atoms with van der Waals surface area (Å²) in [4.78, 5) is 21.0. The quantitative estimate of drug-likeness (QED) is 0.535. The number of hydrogen-bond donors (Lipinski definition) is 4.